The van der Waals surface area contributed by atoms with Gasteiger partial charge in [0.1, 0.15) is 6.23 Å². The average molecular weight is 257 g/mol. The van der Waals surface area contributed by atoms with Crippen LogP contribution < -0.4 is 5.73 Å². The molecular weight excluding hydrogens is 222 g/mol. The number of ether oxygens (including phenoxy) is 1. The van der Waals surface area contributed by atoms with E-state index in [0.29, 0.717) is 0 Å². The van der Waals surface area contributed by atoms with E-state index in [9.17, 15) is 0 Å². The Labute approximate surface area is 115 Å². The van der Waals surface area contributed by atoms with Gasteiger partial charge in [0.25, 0.3) is 0 Å². The molecule has 2 nitrogen and oxygen atoms in total. The molecule has 1 unspecified atom stereocenters. The Kier molecular flexibility index (Phi) is 14.9. The van der Waals surface area contributed by atoms with Gasteiger partial charge in [-0.05, 0) is 13.3 Å². The van der Waals surface area contributed by atoms with Crippen molar-refractivity contribution in [1.29, 1.82) is 0 Å². The zero-order chi connectivity index (χ0) is 13.5. The van der Waals surface area contributed by atoms with Crippen molar-refractivity contribution in [3.63, 3.8) is 0 Å². The lowest BCUT2D eigenvalue weighted by Gasteiger charge is -2.06. The zero-order valence-corrected chi connectivity index (χ0v) is 12.8. The molecule has 0 aromatic rings. The van der Waals surface area contributed by atoms with Crippen molar-refractivity contribution >= 4 is 0 Å². The molecule has 0 aliphatic rings. The molecule has 0 aromatic carbocycles. The summed E-state index contributed by atoms with van der Waals surface area (Å²) in [5, 5.41) is 0. The summed E-state index contributed by atoms with van der Waals surface area (Å²) < 4.78 is 5.31. The number of rotatable bonds is 14. The van der Waals surface area contributed by atoms with Crippen LogP contribution in [-0.4, -0.2) is 12.8 Å². The number of unbranched alkanes of at least 4 members (excludes halogenated alkanes) is 11. The van der Waals surface area contributed by atoms with Gasteiger partial charge in [0, 0.05) is 6.61 Å². The molecule has 1 atom stereocenters. The SMILES string of the molecule is CCCCCCCCCCCCCCOC(C)N. The summed E-state index contributed by atoms with van der Waals surface area (Å²) in [6.07, 6.45) is 16.5. The molecule has 0 bridgehead atoms. The van der Waals surface area contributed by atoms with Crippen molar-refractivity contribution < 1.29 is 4.74 Å². The lowest BCUT2D eigenvalue weighted by molar-refractivity contribution is 0.0676. The summed E-state index contributed by atoms with van der Waals surface area (Å²) in [6, 6.07) is 0. The summed E-state index contributed by atoms with van der Waals surface area (Å²) in [4.78, 5) is 0. The van der Waals surface area contributed by atoms with E-state index >= 15 is 0 Å². The number of hydrogen-bond acceptors (Lipinski definition) is 2. The maximum atomic E-state index is 5.51. The van der Waals surface area contributed by atoms with Crippen LogP contribution in [0.5, 0.6) is 0 Å². The van der Waals surface area contributed by atoms with Crippen LogP contribution in [0, 0.1) is 0 Å². The molecule has 0 saturated heterocycles. The molecule has 18 heavy (non-hydrogen) atoms. The van der Waals surface area contributed by atoms with Gasteiger partial charge >= 0.3 is 0 Å². The van der Waals surface area contributed by atoms with Gasteiger partial charge in [0.15, 0.2) is 0 Å². The molecule has 0 radical (unpaired) electrons. The van der Waals surface area contributed by atoms with Crippen molar-refractivity contribution in [3.8, 4) is 0 Å². The molecule has 0 aromatic heterocycles. The Morgan fingerprint density at radius 2 is 1.11 bits per heavy atom. The van der Waals surface area contributed by atoms with E-state index in [4.69, 9.17) is 10.5 Å². The molecule has 2 heteroatoms. The van der Waals surface area contributed by atoms with Crippen molar-refractivity contribution in [2.75, 3.05) is 6.61 Å². The second-order valence-corrected chi connectivity index (χ2v) is 5.46. The quantitative estimate of drug-likeness (QED) is 0.351. The summed E-state index contributed by atoms with van der Waals surface area (Å²) in [7, 11) is 0. The molecule has 0 rings (SSSR count). The topological polar surface area (TPSA) is 35.2 Å². The predicted molar refractivity (Wildman–Crippen MR) is 80.7 cm³/mol. The van der Waals surface area contributed by atoms with Gasteiger partial charge in [-0.15, -0.1) is 0 Å². The largest absolute Gasteiger partial charge is 0.364 e. The first kappa shape index (κ1) is 17.9. The molecule has 0 heterocycles. The second kappa shape index (κ2) is 15.0. The number of hydrogen-bond donors (Lipinski definition) is 1. The van der Waals surface area contributed by atoms with Crippen LogP contribution in [0.15, 0.2) is 0 Å². The van der Waals surface area contributed by atoms with Crippen LogP contribution in [0.3, 0.4) is 0 Å². The minimum Gasteiger partial charge on any atom is -0.364 e. The van der Waals surface area contributed by atoms with Gasteiger partial charge in [-0.25, -0.2) is 0 Å². The highest BCUT2D eigenvalue weighted by Gasteiger charge is 1.95. The predicted octanol–water partition coefficient (Wildman–Crippen LogP) is 5.01. The van der Waals surface area contributed by atoms with Gasteiger partial charge < -0.3 is 10.5 Å². The van der Waals surface area contributed by atoms with E-state index in [2.05, 4.69) is 6.92 Å². The zero-order valence-electron chi connectivity index (χ0n) is 12.8. The van der Waals surface area contributed by atoms with E-state index in [0.717, 1.165) is 6.61 Å². The summed E-state index contributed by atoms with van der Waals surface area (Å²) in [5.41, 5.74) is 5.51. The van der Waals surface area contributed by atoms with E-state index in [1.807, 2.05) is 6.92 Å². The van der Waals surface area contributed by atoms with E-state index in [1.165, 1.54) is 77.0 Å². The van der Waals surface area contributed by atoms with Gasteiger partial charge in [-0.3, -0.25) is 0 Å². The molecular formula is C16H35NO. The Bertz CT molecular complexity index is 148. The summed E-state index contributed by atoms with van der Waals surface area (Å²) in [6.45, 7) is 4.99. The first-order chi connectivity index (χ1) is 8.77. The average Bonchev–Trinajstić information content (AvgIpc) is 2.34. The first-order valence-corrected chi connectivity index (χ1v) is 8.14. The second-order valence-electron chi connectivity index (χ2n) is 5.46. The van der Waals surface area contributed by atoms with Gasteiger partial charge in [0.2, 0.25) is 0 Å². The van der Waals surface area contributed by atoms with Crippen LogP contribution in [-0.2, 0) is 4.74 Å². The molecule has 0 aliphatic heterocycles. The molecule has 0 saturated carbocycles. The molecule has 0 spiro atoms. The van der Waals surface area contributed by atoms with Gasteiger partial charge in [-0.2, -0.15) is 0 Å². The van der Waals surface area contributed by atoms with Crippen molar-refractivity contribution in [1.82, 2.24) is 0 Å². The maximum Gasteiger partial charge on any atom is 0.102 e. The highest BCUT2D eigenvalue weighted by molar-refractivity contribution is 4.48. The molecule has 2 N–H and O–H groups in total. The molecule has 110 valence electrons. The lowest BCUT2D eigenvalue weighted by Crippen LogP contribution is -2.19. The van der Waals surface area contributed by atoms with E-state index in [1.54, 1.807) is 0 Å². The standard InChI is InChI=1S/C16H35NO/c1-3-4-5-6-7-8-9-10-11-12-13-14-15-18-16(2)17/h16H,3-15,17H2,1-2H3. The minimum atomic E-state index is -0.0993. The Morgan fingerprint density at radius 3 is 1.50 bits per heavy atom. The Balaban J connectivity index is 2.90. The number of nitrogens with two attached hydrogens (primary N) is 1. The van der Waals surface area contributed by atoms with Crippen LogP contribution in [0.25, 0.3) is 0 Å². The molecule has 0 amide bonds. The monoisotopic (exact) mass is 257 g/mol. The fraction of sp³-hybridized carbons (Fsp3) is 1.00. The highest BCUT2D eigenvalue weighted by atomic mass is 16.5. The van der Waals surface area contributed by atoms with Crippen LogP contribution >= 0.6 is 0 Å². The Hall–Kier alpha value is -0.0800. The third kappa shape index (κ3) is 15.9. The summed E-state index contributed by atoms with van der Waals surface area (Å²) in [5.74, 6) is 0. The summed E-state index contributed by atoms with van der Waals surface area (Å²) >= 11 is 0. The third-order valence-corrected chi connectivity index (χ3v) is 3.38. The van der Waals surface area contributed by atoms with Crippen LogP contribution in [0.1, 0.15) is 90.9 Å². The Morgan fingerprint density at radius 1 is 0.722 bits per heavy atom. The van der Waals surface area contributed by atoms with Gasteiger partial charge in [0.05, 0.1) is 0 Å². The van der Waals surface area contributed by atoms with Gasteiger partial charge in [-0.1, -0.05) is 77.6 Å². The maximum absolute atomic E-state index is 5.51. The third-order valence-electron chi connectivity index (χ3n) is 3.38. The van der Waals surface area contributed by atoms with E-state index < -0.39 is 0 Å². The van der Waals surface area contributed by atoms with E-state index in [-0.39, 0.29) is 6.23 Å². The smallest absolute Gasteiger partial charge is 0.102 e. The van der Waals surface area contributed by atoms with Crippen molar-refractivity contribution in [3.05, 3.63) is 0 Å². The first-order valence-electron chi connectivity index (χ1n) is 8.14. The highest BCUT2D eigenvalue weighted by Crippen LogP contribution is 2.11. The lowest BCUT2D eigenvalue weighted by atomic mass is 10.1. The fourth-order valence-corrected chi connectivity index (χ4v) is 2.21. The normalized spacial score (nSPS) is 12.8. The van der Waals surface area contributed by atoms with Crippen LogP contribution in [0.2, 0.25) is 0 Å². The van der Waals surface area contributed by atoms with Crippen molar-refractivity contribution in [2.24, 2.45) is 5.73 Å². The van der Waals surface area contributed by atoms with Crippen LogP contribution in [0.4, 0.5) is 0 Å². The molecule has 0 aliphatic carbocycles. The van der Waals surface area contributed by atoms with Crippen molar-refractivity contribution in [2.45, 2.75) is 97.1 Å². The minimum absolute atomic E-state index is 0.0993. The molecule has 0 fully saturated rings. The fourth-order valence-electron chi connectivity index (χ4n) is 2.21.